The molecule has 0 aliphatic heterocycles. The molecule has 200 valence electrons. The highest BCUT2D eigenvalue weighted by Crippen LogP contribution is 2.23. The highest BCUT2D eigenvalue weighted by atomic mass is 16.2. The van der Waals surface area contributed by atoms with E-state index < -0.39 is 11.5 Å². The fourth-order valence-electron chi connectivity index (χ4n) is 3.73. The molecule has 0 saturated heterocycles. The first-order chi connectivity index (χ1) is 17.9. The number of benzene rings is 2. The quantitative estimate of drug-likeness (QED) is 0.135. The molecule has 2 amide bonds. The average molecular weight is 519 g/mol. The Kier molecular flexibility index (Phi) is 8.85. The Morgan fingerprint density at radius 2 is 1.71 bits per heavy atom. The molecule has 0 fully saturated rings. The molecule has 1 heterocycles. The summed E-state index contributed by atoms with van der Waals surface area (Å²) in [5.74, 6) is -0.630. The van der Waals surface area contributed by atoms with Crippen molar-refractivity contribution in [2.75, 3.05) is 11.1 Å². The number of aromatic nitrogens is 2. The second kappa shape index (κ2) is 12.0. The first-order valence-electron chi connectivity index (χ1n) is 12.2. The number of carbonyl (C=O) groups is 2. The number of nitrogens with one attached hydrogen (secondary N) is 4. The molecule has 0 unspecified atom stereocenters. The van der Waals surface area contributed by atoms with Gasteiger partial charge < -0.3 is 27.4 Å². The number of nitrogens with zero attached hydrogens (tertiary/aromatic N) is 2. The number of hydrogen-bond acceptors (Lipinski definition) is 7. The van der Waals surface area contributed by atoms with Crippen LogP contribution >= 0.6 is 0 Å². The molecule has 3 aromatic rings. The first kappa shape index (κ1) is 27.9. The fraction of sp³-hybridized carbons (Fsp3) is 0.296. The van der Waals surface area contributed by atoms with Gasteiger partial charge in [-0.3, -0.25) is 24.4 Å². The van der Waals surface area contributed by atoms with Crippen molar-refractivity contribution in [3.8, 4) is 11.3 Å². The zero-order valence-corrected chi connectivity index (χ0v) is 22.0. The topological polar surface area (TPSA) is 181 Å². The van der Waals surface area contributed by atoms with Gasteiger partial charge in [0.1, 0.15) is 12.4 Å². The molecule has 0 saturated carbocycles. The second-order valence-electron chi connectivity index (χ2n) is 9.54. The highest BCUT2D eigenvalue weighted by Gasteiger charge is 2.18. The van der Waals surface area contributed by atoms with Crippen LogP contribution in [0.5, 0.6) is 0 Å². The molecule has 1 aromatic heterocycles. The molecule has 0 aliphatic rings. The van der Waals surface area contributed by atoms with Gasteiger partial charge in [-0.15, -0.1) is 0 Å². The van der Waals surface area contributed by atoms with Crippen molar-refractivity contribution in [1.82, 2.24) is 20.2 Å². The number of anilines is 2. The number of nitrogen functional groups attached to an aromatic ring is 2. The van der Waals surface area contributed by atoms with Crippen LogP contribution in [0.2, 0.25) is 0 Å². The van der Waals surface area contributed by atoms with Crippen LogP contribution < -0.4 is 33.0 Å². The van der Waals surface area contributed by atoms with E-state index in [1.165, 1.54) is 10.8 Å². The van der Waals surface area contributed by atoms with E-state index in [0.29, 0.717) is 28.1 Å². The summed E-state index contributed by atoms with van der Waals surface area (Å²) in [5, 5.41) is 16.1. The van der Waals surface area contributed by atoms with Gasteiger partial charge in [0, 0.05) is 41.0 Å². The maximum absolute atomic E-state index is 13.4. The number of amides is 2. The van der Waals surface area contributed by atoms with Crippen molar-refractivity contribution in [1.29, 1.82) is 5.41 Å². The van der Waals surface area contributed by atoms with Gasteiger partial charge in [0.2, 0.25) is 5.91 Å². The van der Waals surface area contributed by atoms with E-state index in [2.05, 4.69) is 20.9 Å². The molecule has 0 atom stereocenters. The van der Waals surface area contributed by atoms with Crippen LogP contribution in [0.1, 0.15) is 49.2 Å². The monoisotopic (exact) mass is 518 g/mol. The molecule has 38 heavy (non-hydrogen) atoms. The summed E-state index contributed by atoms with van der Waals surface area (Å²) in [7, 11) is 0. The number of hydrogen-bond donors (Lipinski definition) is 6. The van der Waals surface area contributed by atoms with Crippen LogP contribution in [0.4, 0.5) is 11.5 Å². The van der Waals surface area contributed by atoms with E-state index in [0.717, 1.165) is 5.56 Å². The fourth-order valence-corrected chi connectivity index (χ4v) is 3.73. The summed E-state index contributed by atoms with van der Waals surface area (Å²) in [5.41, 5.74) is 14.0. The molecule has 3 rings (SSSR count). The first-order valence-corrected chi connectivity index (χ1v) is 12.2. The van der Waals surface area contributed by atoms with Gasteiger partial charge in [-0.1, -0.05) is 24.3 Å². The lowest BCUT2D eigenvalue weighted by Crippen LogP contribution is -2.35. The lowest BCUT2D eigenvalue weighted by molar-refractivity contribution is -0.121. The van der Waals surface area contributed by atoms with E-state index in [-0.39, 0.29) is 42.7 Å². The van der Waals surface area contributed by atoms with Gasteiger partial charge in [-0.25, -0.2) is 4.98 Å². The van der Waals surface area contributed by atoms with Gasteiger partial charge >= 0.3 is 0 Å². The van der Waals surface area contributed by atoms with Gasteiger partial charge in [0.05, 0.1) is 11.9 Å². The maximum Gasteiger partial charge on any atom is 0.294 e. The largest absolute Gasteiger partial charge is 0.399 e. The molecule has 0 aliphatic carbocycles. The van der Waals surface area contributed by atoms with Crippen LogP contribution in [0, 0.1) is 5.41 Å². The van der Waals surface area contributed by atoms with Crippen molar-refractivity contribution in [3.63, 3.8) is 0 Å². The number of nitrogens with two attached hydrogens (primary N) is 2. The summed E-state index contributed by atoms with van der Waals surface area (Å²) < 4.78 is 1.31. The molecule has 2 aromatic carbocycles. The SMILES string of the molecule is CC(C)NC(=O)c1cc(N)cc(-c2cnc(NC(C)C)c(=O)n2CC(=O)NCc2ccc(C(=N)N)cc2)c1. The summed E-state index contributed by atoms with van der Waals surface area (Å²) >= 11 is 0. The smallest absolute Gasteiger partial charge is 0.294 e. The third-order valence-electron chi connectivity index (χ3n) is 5.47. The zero-order valence-electron chi connectivity index (χ0n) is 22.0. The predicted molar refractivity (Wildman–Crippen MR) is 149 cm³/mol. The lowest BCUT2D eigenvalue weighted by atomic mass is 10.1. The molecule has 11 heteroatoms. The van der Waals surface area contributed by atoms with Gasteiger partial charge in [-0.2, -0.15) is 0 Å². The Morgan fingerprint density at radius 3 is 2.32 bits per heavy atom. The summed E-state index contributed by atoms with van der Waals surface area (Å²) in [6, 6.07) is 11.6. The summed E-state index contributed by atoms with van der Waals surface area (Å²) in [4.78, 5) is 43.2. The van der Waals surface area contributed by atoms with E-state index >= 15 is 0 Å². The van der Waals surface area contributed by atoms with Crippen LogP contribution in [0.15, 0.2) is 53.5 Å². The Hall–Kier alpha value is -4.67. The Balaban J connectivity index is 1.94. The third-order valence-corrected chi connectivity index (χ3v) is 5.47. The van der Waals surface area contributed by atoms with Crippen molar-refractivity contribution in [2.24, 2.45) is 5.73 Å². The van der Waals surface area contributed by atoms with Crippen LogP contribution in [0.3, 0.4) is 0 Å². The molecular formula is C27H34N8O3. The molecule has 0 bridgehead atoms. The molecule has 8 N–H and O–H groups in total. The van der Waals surface area contributed by atoms with Crippen molar-refractivity contribution in [2.45, 2.75) is 52.9 Å². The lowest BCUT2D eigenvalue weighted by Gasteiger charge is -2.17. The van der Waals surface area contributed by atoms with Crippen molar-refractivity contribution < 1.29 is 9.59 Å². The molecule has 11 nitrogen and oxygen atoms in total. The van der Waals surface area contributed by atoms with E-state index in [1.807, 2.05) is 27.7 Å². The van der Waals surface area contributed by atoms with E-state index in [1.54, 1.807) is 42.5 Å². The van der Waals surface area contributed by atoms with Gasteiger partial charge in [0.25, 0.3) is 11.5 Å². The molecule has 0 radical (unpaired) electrons. The Morgan fingerprint density at radius 1 is 1.03 bits per heavy atom. The minimum atomic E-state index is -0.479. The standard InChI is InChI=1S/C27H34N8O3/c1-15(2)33-25-27(38)35(14-23(36)31-12-17-5-7-18(8-6-17)24(29)30)22(13-32-25)19-9-20(11-21(28)10-19)26(37)34-16(3)4/h5-11,13,15-16H,12,14,28H2,1-4H3,(H3,29,30)(H,31,36)(H,32,33)(H,34,37). The van der Waals surface area contributed by atoms with E-state index in [4.69, 9.17) is 16.9 Å². The number of rotatable bonds is 10. The van der Waals surface area contributed by atoms with E-state index in [9.17, 15) is 14.4 Å². The van der Waals surface area contributed by atoms with Gasteiger partial charge in [0.15, 0.2) is 5.82 Å². The second-order valence-corrected chi connectivity index (χ2v) is 9.54. The maximum atomic E-state index is 13.4. The normalized spacial score (nSPS) is 10.9. The predicted octanol–water partition coefficient (Wildman–Crippen LogP) is 2.05. The minimum Gasteiger partial charge on any atom is -0.399 e. The van der Waals surface area contributed by atoms with Crippen LogP contribution in [0.25, 0.3) is 11.3 Å². The Bertz CT molecular complexity index is 1390. The molecular weight excluding hydrogens is 484 g/mol. The summed E-state index contributed by atoms with van der Waals surface area (Å²) in [6.45, 7) is 7.40. The number of carbonyl (C=O) groups excluding carboxylic acids is 2. The van der Waals surface area contributed by atoms with Crippen molar-refractivity contribution in [3.05, 3.63) is 75.7 Å². The zero-order chi connectivity index (χ0) is 28.0. The average Bonchev–Trinajstić information content (AvgIpc) is 2.84. The highest BCUT2D eigenvalue weighted by molar-refractivity contribution is 5.97. The Labute approximate surface area is 221 Å². The van der Waals surface area contributed by atoms with Crippen molar-refractivity contribution >= 4 is 29.2 Å². The minimum absolute atomic E-state index is 0.0395. The van der Waals surface area contributed by atoms with Crippen LogP contribution in [-0.2, 0) is 17.9 Å². The van der Waals surface area contributed by atoms with Gasteiger partial charge in [-0.05, 0) is 51.5 Å². The summed E-state index contributed by atoms with van der Waals surface area (Å²) in [6.07, 6.45) is 1.48. The molecule has 0 spiro atoms. The third kappa shape index (κ3) is 7.19. The van der Waals surface area contributed by atoms with Crippen LogP contribution in [-0.4, -0.2) is 39.3 Å². The number of amidine groups is 1.